The molecule has 9 nitrogen and oxygen atoms in total. The Morgan fingerprint density at radius 1 is 1.15 bits per heavy atom. The number of nitrogens with zero attached hydrogens (tertiary/aromatic N) is 2. The van der Waals surface area contributed by atoms with Crippen LogP contribution in [0.15, 0.2) is 71.6 Å². The van der Waals surface area contributed by atoms with E-state index in [0.29, 0.717) is 16.8 Å². The minimum atomic E-state index is -1.97. The number of hydrogen-bond donors (Lipinski definition) is 1. The summed E-state index contributed by atoms with van der Waals surface area (Å²) in [4.78, 5) is 41.0. The lowest BCUT2D eigenvalue weighted by Gasteiger charge is -2.35. The van der Waals surface area contributed by atoms with Crippen LogP contribution in [0.3, 0.4) is 0 Å². The molecule has 0 unspecified atom stereocenters. The van der Waals surface area contributed by atoms with Gasteiger partial charge in [-0.1, -0.05) is 48.5 Å². The number of rotatable bonds is 5. The van der Waals surface area contributed by atoms with Gasteiger partial charge in [-0.05, 0) is 13.0 Å². The van der Waals surface area contributed by atoms with E-state index in [1.807, 2.05) is 6.07 Å². The molecule has 2 heterocycles. The van der Waals surface area contributed by atoms with Crippen LogP contribution in [0.4, 0.5) is 5.69 Å². The van der Waals surface area contributed by atoms with Crippen LogP contribution in [-0.2, 0) is 34.0 Å². The average Bonchev–Trinajstić information content (AvgIpc) is 3.08. The van der Waals surface area contributed by atoms with Crippen LogP contribution < -0.4 is 10.6 Å². The number of fused-ring (bicyclic) bond motifs is 2. The zero-order chi connectivity index (χ0) is 24.5. The number of nitrogens with two attached hydrogens (primary N) is 1. The summed E-state index contributed by atoms with van der Waals surface area (Å²) in [6.45, 7) is 1.22. The average molecular weight is 459 g/mol. The van der Waals surface area contributed by atoms with Gasteiger partial charge in [-0.3, -0.25) is 14.5 Å². The summed E-state index contributed by atoms with van der Waals surface area (Å²) in [6, 6.07) is 17.2. The Bertz CT molecular complexity index is 1290. The SMILES string of the molecule is CCOC(=O)C1=C(c2ccccc2)OC(N)=C(C#N)[C@]12C(=O)N(CC(=O)OC)c1ccccc12. The van der Waals surface area contributed by atoms with Gasteiger partial charge in [0.1, 0.15) is 29.5 Å². The second-order valence-electron chi connectivity index (χ2n) is 7.48. The Morgan fingerprint density at radius 2 is 1.82 bits per heavy atom. The second kappa shape index (κ2) is 8.75. The first-order valence-electron chi connectivity index (χ1n) is 10.5. The van der Waals surface area contributed by atoms with Gasteiger partial charge in [-0.2, -0.15) is 5.26 Å². The fourth-order valence-electron chi connectivity index (χ4n) is 4.36. The first kappa shape index (κ1) is 22.6. The zero-order valence-corrected chi connectivity index (χ0v) is 18.5. The molecule has 2 aliphatic heterocycles. The third-order valence-electron chi connectivity index (χ3n) is 5.74. The highest BCUT2D eigenvalue weighted by molar-refractivity contribution is 6.21. The van der Waals surface area contributed by atoms with Crippen molar-refractivity contribution in [2.45, 2.75) is 12.3 Å². The van der Waals surface area contributed by atoms with Crippen LogP contribution in [0.2, 0.25) is 0 Å². The van der Waals surface area contributed by atoms with Gasteiger partial charge in [0, 0.05) is 16.8 Å². The predicted molar refractivity (Wildman–Crippen MR) is 120 cm³/mol. The van der Waals surface area contributed by atoms with Crippen molar-refractivity contribution in [3.63, 3.8) is 0 Å². The molecule has 0 saturated carbocycles. The van der Waals surface area contributed by atoms with E-state index in [2.05, 4.69) is 0 Å². The molecule has 172 valence electrons. The van der Waals surface area contributed by atoms with Crippen LogP contribution in [0, 0.1) is 11.3 Å². The van der Waals surface area contributed by atoms with E-state index in [9.17, 15) is 19.6 Å². The minimum Gasteiger partial charge on any atom is -0.468 e. The number of ether oxygens (including phenoxy) is 3. The number of hydrogen-bond acceptors (Lipinski definition) is 8. The number of para-hydroxylation sites is 1. The molecule has 2 N–H and O–H groups in total. The lowest BCUT2D eigenvalue weighted by molar-refractivity contribution is -0.141. The fourth-order valence-corrected chi connectivity index (χ4v) is 4.36. The number of esters is 2. The molecule has 0 fully saturated rings. The molecular formula is C25H21N3O6. The quantitative estimate of drug-likeness (QED) is 0.673. The first-order valence-corrected chi connectivity index (χ1v) is 10.5. The topological polar surface area (TPSA) is 132 Å². The van der Waals surface area contributed by atoms with Crippen molar-refractivity contribution in [2.75, 3.05) is 25.2 Å². The lowest BCUT2D eigenvalue weighted by atomic mass is 9.67. The van der Waals surface area contributed by atoms with Gasteiger partial charge in [0.15, 0.2) is 5.41 Å². The summed E-state index contributed by atoms with van der Waals surface area (Å²) in [7, 11) is 1.20. The largest absolute Gasteiger partial charge is 0.468 e. The van der Waals surface area contributed by atoms with E-state index in [0.717, 1.165) is 0 Å². The van der Waals surface area contributed by atoms with E-state index in [1.54, 1.807) is 61.5 Å². The zero-order valence-electron chi connectivity index (χ0n) is 18.5. The van der Waals surface area contributed by atoms with E-state index < -0.39 is 29.8 Å². The first-order chi connectivity index (χ1) is 16.4. The highest BCUT2D eigenvalue weighted by Gasteiger charge is 2.62. The predicted octanol–water partition coefficient (Wildman–Crippen LogP) is 2.14. The van der Waals surface area contributed by atoms with Crippen molar-refractivity contribution in [2.24, 2.45) is 5.73 Å². The van der Waals surface area contributed by atoms with Crippen LogP contribution in [0.5, 0.6) is 0 Å². The van der Waals surface area contributed by atoms with E-state index >= 15 is 0 Å². The third-order valence-corrected chi connectivity index (χ3v) is 5.74. The number of benzene rings is 2. The van der Waals surface area contributed by atoms with Gasteiger partial charge in [-0.25, -0.2) is 4.79 Å². The maximum absolute atomic E-state index is 14.2. The van der Waals surface area contributed by atoms with Crippen molar-refractivity contribution >= 4 is 29.3 Å². The molecule has 0 saturated heterocycles. The summed E-state index contributed by atoms with van der Waals surface area (Å²) < 4.78 is 15.9. The van der Waals surface area contributed by atoms with Crippen LogP contribution in [0.25, 0.3) is 5.76 Å². The molecule has 9 heteroatoms. The summed E-state index contributed by atoms with van der Waals surface area (Å²) in [6.07, 6.45) is 0. The standard InChI is InChI=1S/C25H21N3O6/c1-3-33-23(30)20-21(15-9-5-4-6-10-15)34-22(27)17(13-26)25(20)16-11-7-8-12-18(16)28(24(25)31)14-19(29)32-2/h4-12H,3,14,27H2,1-2H3/t25-/m0/s1. The normalized spacial score (nSPS) is 19.0. The second-order valence-corrected chi connectivity index (χ2v) is 7.48. The molecule has 2 aliphatic rings. The number of carbonyl (C=O) groups is 3. The Labute approximate surface area is 195 Å². The maximum Gasteiger partial charge on any atom is 0.339 e. The lowest BCUT2D eigenvalue weighted by Crippen LogP contribution is -2.49. The summed E-state index contributed by atoms with van der Waals surface area (Å²) in [5.74, 6) is -2.55. The smallest absolute Gasteiger partial charge is 0.339 e. The summed E-state index contributed by atoms with van der Waals surface area (Å²) >= 11 is 0. The monoisotopic (exact) mass is 459 g/mol. The summed E-state index contributed by atoms with van der Waals surface area (Å²) in [5, 5.41) is 10.1. The van der Waals surface area contributed by atoms with Gasteiger partial charge in [0.05, 0.1) is 13.7 Å². The molecule has 1 atom stereocenters. The van der Waals surface area contributed by atoms with Gasteiger partial charge < -0.3 is 19.9 Å². The molecule has 34 heavy (non-hydrogen) atoms. The highest BCUT2D eigenvalue weighted by Crippen LogP contribution is 2.55. The van der Waals surface area contributed by atoms with Crippen LogP contribution in [0.1, 0.15) is 18.1 Å². The Hall–Kier alpha value is -4.58. The van der Waals surface area contributed by atoms with Crippen molar-refractivity contribution in [1.82, 2.24) is 0 Å². The van der Waals surface area contributed by atoms with E-state index in [4.69, 9.17) is 19.9 Å². The van der Waals surface area contributed by atoms with Crippen LogP contribution >= 0.6 is 0 Å². The van der Waals surface area contributed by atoms with E-state index in [-0.39, 0.29) is 29.4 Å². The van der Waals surface area contributed by atoms with Gasteiger partial charge in [-0.15, -0.1) is 0 Å². The third kappa shape index (κ3) is 3.19. The minimum absolute atomic E-state index is 0.00128. The number of methoxy groups -OCH3 is 1. The number of nitriles is 1. The molecule has 0 radical (unpaired) electrons. The van der Waals surface area contributed by atoms with Gasteiger partial charge in [0.2, 0.25) is 11.8 Å². The molecule has 0 bridgehead atoms. The molecular weight excluding hydrogens is 438 g/mol. The number of anilines is 1. The Balaban J connectivity index is 2.12. The van der Waals surface area contributed by atoms with Gasteiger partial charge >= 0.3 is 11.9 Å². The number of amides is 1. The maximum atomic E-state index is 14.2. The molecule has 4 rings (SSSR count). The number of carbonyl (C=O) groups excluding carboxylic acids is 3. The highest BCUT2D eigenvalue weighted by atomic mass is 16.5. The van der Waals surface area contributed by atoms with Crippen molar-refractivity contribution in [3.8, 4) is 6.07 Å². The molecule has 1 spiro atoms. The van der Waals surface area contributed by atoms with Crippen molar-refractivity contribution in [1.29, 1.82) is 5.26 Å². The molecule has 2 aromatic rings. The Morgan fingerprint density at radius 3 is 2.47 bits per heavy atom. The van der Waals surface area contributed by atoms with Crippen molar-refractivity contribution in [3.05, 3.63) is 82.8 Å². The van der Waals surface area contributed by atoms with Crippen molar-refractivity contribution < 1.29 is 28.6 Å². The summed E-state index contributed by atoms with van der Waals surface area (Å²) in [5.41, 5.74) is 4.88. The van der Waals surface area contributed by atoms with Gasteiger partial charge in [0.25, 0.3) is 0 Å². The molecule has 0 aromatic heterocycles. The fraction of sp³-hybridized carbons (Fsp3) is 0.200. The molecule has 0 aliphatic carbocycles. The molecule has 1 amide bonds. The van der Waals surface area contributed by atoms with E-state index in [1.165, 1.54) is 12.0 Å². The van der Waals surface area contributed by atoms with Crippen LogP contribution in [-0.4, -0.2) is 38.1 Å². The molecule has 2 aromatic carbocycles. The Kier molecular flexibility index (Phi) is 5.82.